The topological polar surface area (TPSA) is 58.2 Å². The van der Waals surface area contributed by atoms with Crippen LogP contribution in [0.1, 0.15) is 123 Å². The van der Waals surface area contributed by atoms with E-state index in [9.17, 15) is 9.59 Å². The van der Waals surface area contributed by atoms with Crippen molar-refractivity contribution in [3.05, 3.63) is 0 Å². The number of amides is 2. The molecule has 0 rings (SSSR count). The molecule has 0 aliphatic rings. The molecule has 0 fully saturated rings. The van der Waals surface area contributed by atoms with Crippen molar-refractivity contribution in [3.63, 3.8) is 0 Å². The monoisotopic (exact) mass is 424 g/mol. The SMILES string of the molecule is CCC(C)(CC(C)(C)NC(=O)C(C)(C)CC(C)(C)C)NC(=O)C(C)(C)CC(C)(C)C. The van der Waals surface area contributed by atoms with Gasteiger partial charge in [-0.05, 0) is 57.3 Å². The second-order valence-corrected chi connectivity index (χ2v) is 14.1. The fourth-order valence-corrected chi connectivity index (χ4v) is 5.01. The van der Waals surface area contributed by atoms with E-state index in [4.69, 9.17) is 0 Å². The normalized spacial score (nSPS) is 16.1. The highest BCUT2D eigenvalue weighted by molar-refractivity contribution is 5.83. The molecule has 0 saturated heterocycles. The van der Waals surface area contributed by atoms with Crippen LogP contribution in [0.5, 0.6) is 0 Å². The first-order chi connectivity index (χ1) is 12.9. The maximum atomic E-state index is 13.1. The predicted octanol–water partition coefficient (Wildman–Crippen LogP) is 6.48. The molecular weight excluding hydrogens is 372 g/mol. The van der Waals surface area contributed by atoms with Crippen molar-refractivity contribution >= 4 is 11.8 Å². The maximum absolute atomic E-state index is 13.1. The summed E-state index contributed by atoms with van der Waals surface area (Å²) in [5.41, 5.74) is -1.56. The van der Waals surface area contributed by atoms with Crippen LogP contribution in [0.25, 0.3) is 0 Å². The summed E-state index contributed by atoms with van der Waals surface area (Å²) in [7, 11) is 0. The van der Waals surface area contributed by atoms with Gasteiger partial charge in [-0.15, -0.1) is 0 Å². The molecule has 4 heteroatoms. The molecule has 1 unspecified atom stereocenters. The summed E-state index contributed by atoms with van der Waals surface area (Å²) in [5, 5.41) is 6.59. The van der Waals surface area contributed by atoms with E-state index in [0.29, 0.717) is 6.42 Å². The van der Waals surface area contributed by atoms with E-state index in [-0.39, 0.29) is 22.6 Å². The van der Waals surface area contributed by atoms with E-state index in [2.05, 4.69) is 79.9 Å². The first-order valence-corrected chi connectivity index (χ1v) is 11.6. The number of carbonyl (C=O) groups is 2. The zero-order valence-corrected chi connectivity index (χ0v) is 22.6. The molecule has 30 heavy (non-hydrogen) atoms. The van der Waals surface area contributed by atoms with Gasteiger partial charge >= 0.3 is 0 Å². The zero-order valence-electron chi connectivity index (χ0n) is 22.6. The number of nitrogens with one attached hydrogen (secondary N) is 2. The van der Waals surface area contributed by atoms with Crippen molar-refractivity contribution in [1.29, 1.82) is 0 Å². The van der Waals surface area contributed by atoms with Crippen LogP contribution in [0, 0.1) is 21.7 Å². The fourth-order valence-electron chi connectivity index (χ4n) is 5.01. The van der Waals surface area contributed by atoms with Gasteiger partial charge in [-0.2, -0.15) is 0 Å². The summed E-state index contributed by atoms with van der Waals surface area (Å²) in [6, 6.07) is 0. The Bertz CT molecular complexity index is 604. The average Bonchev–Trinajstić information content (AvgIpc) is 2.40. The number of rotatable bonds is 9. The van der Waals surface area contributed by atoms with Crippen LogP contribution in [0.3, 0.4) is 0 Å². The van der Waals surface area contributed by atoms with Gasteiger partial charge in [0.05, 0.1) is 0 Å². The fraction of sp³-hybridized carbons (Fsp3) is 0.923. The Hall–Kier alpha value is -1.06. The van der Waals surface area contributed by atoms with E-state index < -0.39 is 21.9 Å². The van der Waals surface area contributed by atoms with Crippen LogP contribution in [0.2, 0.25) is 0 Å². The van der Waals surface area contributed by atoms with Gasteiger partial charge in [0.15, 0.2) is 0 Å². The third-order valence-electron chi connectivity index (χ3n) is 5.65. The number of hydrogen-bond donors (Lipinski definition) is 2. The Morgan fingerprint density at radius 1 is 0.567 bits per heavy atom. The Balaban J connectivity index is 5.35. The van der Waals surface area contributed by atoms with Crippen LogP contribution < -0.4 is 10.6 Å². The van der Waals surface area contributed by atoms with E-state index >= 15 is 0 Å². The molecule has 1 atom stereocenters. The van der Waals surface area contributed by atoms with Crippen LogP contribution in [0.4, 0.5) is 0 Å². The third kappa shape index (κ3) is 10.3. The van der Waals surface area contributed by atoms with Crippen molar-refractivity contribution in [2.24, 2.45) is 21.7 Å². The highest BCUT2D eigenvalue weighted by Crippen LogP contribution is 2.36. The van der Waals surface area contributed by atoms with Gasteiger partial charge in [0.2, 0.25) is 11.8 Å². The van der Waals surface area contributed by atoms with E-state index in [1.807, 2.05) is 27.7 Å². The van der Waals surface area contributed by atoms with Gasteiger partial charge in [0.25, 0.3) is 0 Å². The number of carbonyl (C=O) groups excluding carboxylic acids is 2. The van der Waals surface area contributed by atoms with Crippen LogP contribution in [-0.4, -0.2) is 22.9 Å². The van der Waals surface area contributed by atoms with E-state index in [0.717, 1.165) is 19.3 Å². The second kappa shape index (κ2) is 9.20. The van der Waals surface area contributed by atoms with Crippen LogP contribution >= 0.6 is 0 Å². The van der Waals surface area contributed by atoms with Crippen LogP contribution in [0.15, 0.2) is 0 Å². The molecule has 2 N–H and O–H groups in total. The summed E-state index contributed by atoms with van der Waals surface area (Å²) in [6.07, 6.45) is 3.09. The Labute approximate surface area is 187 Å². The lowest BCUT2D eigenvalue weighted by molar-refractivity contribution is -0.133. The Kier molecular flexibility index (Phi) is 8.88. The van der Waals surface area contributed by atoms with Gasteiger partial charge in [0.1, 0.15) is 0 Å². The molecular formula is C26H52N2O2. The first kappa shape index (κ1) is 28.9. The van der Waals surface area contributed by atoms with Gasteiger partial charge in [-0.1, -0.05) is 76.2 Å². The van der Waals surface area contributed by atoms with E-state index in [1.54, 1.807) is 0 Å². The van der Waals surface area contributed by atoms with Crippen molar-refractivity contribution in [3.8, 4) is 0 Å². The molecule has 0 aromatic heterocycles. The second-order valence-electron chi connectivity index (χ2n) is 14.1. The molecule has 0 heterocycles. The Morgan fingerprint density at radius 3 is 1.20 bits per heavy atom. The number of hydrogen-bond acceptors (Lipinski definition) is 2. The summed E-state index contributed by atoms with van der Waals surface area (Å²) < 4.78 is 0. The molecule has 0 bridgehead atoms. The molecule has 0 spiro atoms. The largest absolute Gasteiger partial charge is 0.351 e. The average molecular weight is 425 g/mol. The summed E-state index contributed by atoms with van der Waals surface area (Å²) >= 11 is 0. The van der Waals surface area contributed by atoms with Crippen molar-refractivity contribution in [2.75, 3.05) is 0 Å². The lowest BCUT2D eigenvalue weighted by atomic mass is 9.74. The minimum atomic E-state index is -0.448. The van der Waals surface area contributed by atoms with Crippen molar-refractivity contribution < 1.29 is 9.59 Å². The molecule has 2 amide bonds. The van der Waals surface area contributed by atoms with Crippen molar-refractivity contribution in [2.45, 2.75) is 134 Å². The van der Waals surface area contributed by atoms with Gasteiger partial charge in [-0.3, -0.25) is 9.59 Å². The Morgan fingerprint density at radius 2 is 0.900 bits per heavy atom. The van der Waals surface area contributed by atoms with Gasteiger partial charge in [0, 0.05) is 21.9 Å². The summed E-state index contributed by atoms with van der Waals surface area (Å²) in [4.78, 5) is 26.2. The molecule has 0 aromatic carbocycles. The first-order valence-electron chi connectivity index (χ1n) is 11.6. The lowest BCUT2D eigenvalue weighted by Gasteiger charge is -2.42. The molecule has 0 aliphatic heterocycles. The smallest absolute Gasteiger partial charge is 0.226 e. The van der Waals surface area contributed by atoms with Crippen LogP contribution in [-0.2, 0) is 9.59 Å². The minimum Gasteiger partial charge on any atom is -0.351 e. The summed E-state index contributed by atoms with van der Waals surface area (Å²) in [5.74, 6) is 0.150. The lowest BCUT2D eigenvalue weighted by Crippen LogP contribution is -2.58. The molecule has 4 nitrogen and oxygen atoms in total. The molecule has 0 radical (unpaired) electrons. The molecule has 0 aromatic rings. The molecule has 0 aliphatic carbocycles. The van der Waals surface area contributed by atoms with Crippen molar-refractivity contribution in [1.82, 2.24) is 10.6 Å². The highest BCUT2D eigenvalue weighted by atomic mass is 16.2. The summed E-state index contributed by atoms with van der Waals surface area (Å²) in [6.45, 7) is 29.3. The van der Waals surface area contributed by atoms with E-state index in [1.165, 1.54) is 0 Å². The standard InChI is InChI=1S/C26H52N2O2/c1-15-26(14,28-20(30)24(10,11)17-22(5,6)7)18-25(12,13)27-19(29)23(8,9)16-21(2,3)4/h15-18H2,1-14H3,(H,27,29)(H,28,30). The third-order valence-corrected chi connectivity index (χ3v) is 5.65. The van der Waals surface area contributed by atoms with Gasteiger partial charge < -0.3 is 10.6 Å². The maximum Gasteiger partial charge on any atom is 0.226 e. The quantitative estimate of drug-likeness (QED) is 0.445. The minimum absolute atomic E-state index is 0.0697. The predicted molar refractivity (Wildman–Crippen MR) is 129 cm³/mol. The molecule has 178 valence electrons. The zero-order chi connectivity index (χ0) is 24.4. The van der Waals surface area contributed by atoms with Gasteiger partial charge in [-0.25, -0.2) is 0 Å². The molecule has 0 saturated carbocycles. The highest BCUT2D eigenvalue weighted by Gasteiger charge is 2.41.